The summed E-state index contributed by atoms with van der Waals surface area (Å²) in [5, 5.41) is 27.8. The van der Waals surface area contributed by atoms with Crippen LogP contribution in [-0.2, 0) is 4.74 Å². The second kappa shape index (κ2) is 4.82. The Morgan fingerprint density at radius 1 is 1.36 bits per heavy atom. The van der Waals surface area contributed by atoms with Gasteiger partial charge in [0.15, 0.2) is 11.3 Å². The van der Waals surface area contributed by atoms with E-state index in [0.29, 0.717) is 0 Å². The maximum Gasteiger partial charge on any atom is 0.178 e. The molecule has 0 spiro atoms. The minimum absolute atomic E-state index is 0.0126. The van der Waals surface area contributed by atoms with Gasteiger partial charge in [-0.3, -0.25) is 5.43 Å². The summed E-state index contributed by atoms with van der Waals surface area (Å²) in [6.45, 7) is -0.0745. The normalized spacial score (nSPS) is 37.9. The molecule has 0 amide bonds. The highest BCUT2D eigenvalue weighted by atomic mass is 32.1. The molecule has 0 radical (unpaired) electrons. The highest BCUT2D eigenvalue weighted by Gasteiger charge is 2.37. The molecule has 0 bridgehead atoms. The van der Waals surface area contributed by atoms with Gasteiger partial charge >= 0.3 is 0 Å². The number of thiocarbonyl (C=S) groups is 1. The summed E-state index contributed by atoms with van der Waals surface area (Å²) in [6.07, 6.45) is -4.46. The van der Waals surface area contributed by atoms with Gasteiger partial charge in [-0.2, -0.15) is 0 Å². The van der Waals surface area contributed by atoms with Gasteiger partial charge in [0.25, 0.3) is 0 Å². The summed E-state index contributed by atoms with van der Waals surface area (Å²) >= 11 is 4.51. The van der Waals surface area contributed by atoms with Crippen LogP contribution in [-0.4, -0.2) is 51.6 Å². The molecule has 82 valence electrons. The van der Waals surface area contributed by atoms with Crippen LogP contribution in [0.1, 0.15) is 0 Å². The molecular formula is C6H13N3O4S. The van der Waals surface area contributed by atoms with Crippen LogP contribution in [0.15, 0.2) is 0 Å². The summed E-state index contributed by atoms with van der Waals surface area (Å²) in [7, 11) is 0. The van der Waals surface area contributed by atoms with Gasteiger partial charge in [-0.25, -0.2) is 5.43 Å². The number of hydrogen-bond acceptors (Lipinski definition) is 6. The molecule has 1 fully saturated rings. The first-order valence-electron chi connectivity index (χ1n) is 3.99. The molecule has 7 N–H and O–H groups in total. The van der Waals surface area contributed by atoms with E-state index < -0.39 is 24.5 Å². The van der Waals surface area contributed by atoms with E-state index in [1.165, 1.54) is 0 Å². The molecule has 1 heterocycles. The SMILES string of the molecule is NC(=S)NNC1OC[C@H](O)[C@H](O)[C@H]1O. The number of hydrogen-bond donors (Lipinski definition) is 6. The Kier molecular flexibility index (Phi) is 3.98. The zero-order valence-electron chi connectivity index (χ0n) is 7.25. The van der Waals surface area contributed by atoms with Gasteiger partial charge in [0.05, 0.1) is 6.61 Å². The average Bonchev–Trinajstić information content (AvgIpc) is 2.13. The van der Waals surface area contributed by atoms with Crippen LogP contribution < -0.4 is 16.6 Å². The molecule has 0 saturated carbocycles. The number of rotatable bonds is 2. The molecule has 0 aromatic carbocycles. The predicted octanol–water partition coefficient (Wildman–Crippen LogP) is -3.24. The zero-order chi connectivity index (χ0) is 10.7. The minimum atomic E-state index is -1.26. The molecule has 14 heavy (non-hydrogen) atoms. The van der Waals surface area contributed by atoms with Gasteiger partial charge in [-0.05, 0) is 12.2 Å². The largest absolute Gasteiger partial charge is 0.388 e. The first-order chi connectivity index (χ1) is 6.52. The van der Waals surface area contributed by atoms with E-state index in [1.807, 2.05) is 0 Å². The predicted molar refractivity (Wildman–Crippen MR) is 50.8 cm³/mol. The van der Waals surface area contributed by atoms with E-state index in [9.17, 15) is 10.2 Å². The maximum absolute atomic E-state index is 9.40. The molecule has 1 rings (SSSR count). The van der Waals surface area contributed by atoms with E-state index in [-0.39, 0.29) is 11.7 Å². The molecule has 0 aromatic rings. The molecule has 4 atom stereocenters. The lowest BCUT2D eigenvalue weighted by Gasteiger charge is -2.35. The van der Waals surface area contributed by atoms with E-state index in [0.717, 1.165) is 0 Å². The fraction of sp³-hybridized carbons (Fsp3) is 0.833. The third-order valence-electron chi connectivity index (χ3n) is 1.84. The lowest BCUT2D eigenvalue weighted by atomic mass is 10.1. The Labute approximate surface area is 85.8 Å². The highest BCUT2D eigenvalue weighted by Crippen LogP contribution is 2.12. The number of nitrogens with two attached hydrogens (primary N) is 1. The van der Waals surface area contributed by atoms with E-state index in [1.54, 1.807) is 0 Å². The van der Waals surface area contributed by atoms with Crippen molar-refractivity contribution in [3.05, 3.63) is 0 Å². The highest BCUT2D eigenvalue weighted by molar-refractivity contribution is 7.80. The summed E-state index contributed by atoms with van der Waals surface area (Å²) in [5.74, 6) is 0. The lowest BCUT2D eigenvalue weighted by molar-refractivity contribution is -0.196. The summed E-state index contributed by atoms with van der Waals surface area (Å²) < 4.78 is 4.97. The Balaban J connectivity index is 2.42. The standard InChI is InChI=1S/C6H13N3O4S/c7-6(14)9-8-5-4(12)3(11)2(10)1-13-5/h2-5,8,10-12H,1H2,(H3,7,9,14)/t2-,3-,4+,5?/m0/s1. The van der Waals surface area contributed by atoms with Crippen molar-refractivity contribution >= 4 is 17.3 Å². The van der Waals surface area contributed by atoms with Gasteiger partial charge < -0.3 is 25.8 Å². The topological polar surface area (TPSA) is 120 Å². The quantitative estimate of drug-likeness (QED) is 0.213. The molecule has 0 aliphatic carbocycles. The van der Waals surface area contributed by atoms with Crippen LogP contribution in [0.3, 0.4) is 0 Å². The molecule has 1 aliphatic rings. The first kappa shape index (κ1) is 11.6. The van der Waals surface area contributed by atoms with Crippen LogP contribution in [0.5, 0.6) is 0 Å². The molecule has 0 aromatic heterocycles. The first-order valence-corrected chi connectivity index (χ1v) is 4.40. The summed E-state index contributed by atoms with van der Waals surface area (Å²) in [6, 6.07) is 0. The van der Waals surface area contributed by atoms with Crippen LogP contribution >= 0.6 is 12.2 Å². The fourth-order valence-electron chi connectivity index (χ4n) is 1.08. The molecule has 1 saturated heterocycles. The zero-order valence-corrected chi connectivity index (χ0v) is 8.07. The van der Waals surface area contributed by atoms with Crippen molar-refractivity contribution in [2.24, 2.45) is 5.73 Å². The average molecular weight is 223 g/mol. The van der Waals surface area contributed by atoms with Crippen molar-refractivity contribution in [1.29, 1.82) is 0 Å². The fourth-order valence-corrected chi connectivity index (χ4v) is 1.13. The van der Waals surface area contributed by atoms with Crippen molar-refractivity contribution < 1.29 is 20.1 Å². The van der Waals surface area contributed by atoms with Gasteiger partial charge in [0.2, 0.25) is 0 Å². The van der Waals surface area contributed by atoms with Crippen molar-refractivity contribution in [3.63, 3.8) is 0 Å². The number of aliphatic hydroxyl groups excluding tert-OH is 3. The van der Waals surface area contributed by atoms with Gasteiger partial charge in [-0.1, -0.05) is 0 Å². The summed E-state index contributed by atoms with van der Waals surface area (Å²) in [4.78, 5) is 0. The van der Waals surface area contributed by atoms with Crippen LogP contribution in [0.25, 0.3) is 0 Å². The minimum Gasteiger partial charge on any atom is -0.388 e. The van der Waals surface area contributed by atoms with Crippen molar-refractivity contribution in [3.8, 4) is 0 Å². The Morgan fingerprint density at radius 3 is 2.57 bits per heavy atom. The number of nitrogens with one attached hydrogen (secondary N) is 2. The second-order valence-electron chi connectivity index (χ2n) is 2.94. The van der Waals surface area contributed by atoms with Gasteiger partial charge in [0.1, 0.15) is 18.3 Å². The van der Waals surface area contributed by atoms with Gasteiger partial charge in [0, 0.05) is 0 Å². The van der Waals surface area contributed by atoms with Gasteiger partial charge in [-0.15, -0.1) is 0 Å². The smallest absolute Gasteiger partial charge is 0.178 e. The van der Waals surface area contributed by atoms with Crippen molar-refractivity contribution in [2.75, 3.05) is 6.61 Å². The second-order valence-corrected chi connectivity index (χ2v) is 3.38. The maximum atomic E-state index is 9.40. The number of aliphatic hydroxyl groups is 3. The molecule has 1 unspecified atom stereocenters. The lowest BCUT2D eigenvalue weighted by Crippen LogP contribution is -2.61. The molecule has 7 nitrogen and oxygen atoms in total. The Hall–Kier alpha value is -0.510. The molecule has 1 aliphatic heterocycles. The van der Waals surface area contributed by atoms with Crippen LogP contribution in [0.2, 0.25) is 0 Å². The van der Waals surface area contributed by atoms with E-state index in [4.69, 9.17) is 15.6 Å². The third-order valence-corrected chi connectivity index (χ3v) is 1.94. The molecular weight excluding hydrogens is 210 g/mol. The monoisotopic (exact) mass is 223 g/mol. The van der Waals surface area contributed by atoms with E-state index >= 15 is 0 Å². The third kappa shape index (κ3) is 2.74. The van der Waals surface area contributed by atoms with Crippen LogP contribution in [0.4, 0.5) is 0 Å². The van der Waals surface area contributed by atoms with E-state index in [2.05, 4.69) is 23.1 Å². The van der Waals surface area contributed by atoms with Crippen molar-refractivity contribution in [1.82, 2.24) is 10.9 Å². The summed E-state index contributed by atoms with van der Waals surface area (Å²) in [5.41, 5.74) is 9.95. The molecule has 8 heteroatoms. The number of ether oxygens (including phenoxy) is 1. The Bertz CT molecular complexity index is 217. The number of hydrazine groups is 1. The van der Waals surface area contributed by atoms with Crippen molar-refractivity contribution in [2.45, 2.75) is 24.5 Å². The van der Waals surface area contributed by atoms with Crippen LogP contribution in [0, 0.1) is 0 Å². The Morgan fingerprint density at radius 2 is 2.00 bits per heavy atom.